The van der Waals surface area contributed by atoms with Crippen LogP contribution in [0.1, 0.15) is 51.2 Å². The molecule has 0 bridgehead atoms. The van der Waals surface area contributed by atoms with Crippen LogP contribution < -0.4 is 14.2 Å². The zero-order chi connectivity index (χ0) is 20.6. The monoisotopic (exact) mass is 403 g/mol. The molecule has 2 aromatic rings. The van der Waals surface area contributed by atoms with Crippen LogP contribution in [0.5, 0.6) is 17.5 Å². The van der Waals surface area contributed by atoms with Gasteiger partial charge in [-0.05, 0) is 38.0 Å². The predicted molar refractivity (Wildman–Crippen MR) is 108 cm³/mol. The van der Waals surface area contributed by atoms with Gasteiger partial charge in [0.2, 0.25) is 6.79 Å². The number of carbonyl (C=O) groups is 1. The fourth-order valence-electron chi connectivity index (χ4n) is 3.19. The molecule has 8 heteroatoms. The summed E-state index contributed by atoms with van der Waals surface area (Å²) >= 11 is 0. The summed E-state index contributed by atoms with van der Waals surface area (Å²) in [6.45, 7) is 7.62. The van der Waals surface area contributed by atoms with E-state index in [0.29, 0.717) is 37.1 Å². The maximum atomic E-state index is 13.2. The van der Waals surface area contributed by atoms with E-state index in [1.165, 1.54) is 4.68 Å². The maximum Gasteiger partial charge on any atom is 0.336 e. The van der Waals surface area contributed by atoms with E-state index in [4.69, 9.17) is 18.9 Å². The molecule has 158 valence electrons. The normalized spacial score (nSPS) is 13.5. The highest BCUT2D eigenvalue weighted by Crippen LogP contribution is 2.36. The first-order valence-electron chi connectivity index (χ1n) is 10.3. The summed E-state index contributed by atoms with van der Waals surface area (Å²) in [5, 5.41) is 4.36. The van der Waals surface area contributed by atoms with Crippen molar-refractivity contribution in [1.82, 2.24) is 14.8 Å². The molecule has 0 saturated carbocycles. The predicted octanol–water partition coefficient (Wildman–Crippen LogP) is 3.95. The second-order valence-electron chi connectivity index (χ2n) is 6.83. The van der Waals surface area contributed by atoms with Crippen LogP contribution in [0.2, 0.25) is 0 Å². The average molecular weight is 403 g/mol. The van der Waals surface area contributed by atoms with Crippen molar-refractivity contribution >= 4 is 5.91 Å². The number of benzene rings is 1. The molecule has 1 unspecified atom stereocenters. The molecule has 1 aromatic carbocycles. The summed E-state index contributed by atoms with van der Waals surface area (Å²) in [5.74, 6) is 1.56. The minimum absolute atomic E-state index is 0.0687. The fourth-order valence-corrected chi connectivity index (χ4v) is 3.19. The molecule has 2 heterocycles. The zero-order valence-electron chi connectivity index (χ0n) is 17.3. The Bertz CT molecular complexity index is 821. The molecule has 1 atom stereocenters. The standard InChI is InChI=1S/C21H29N3O5/c1-4-7-8-15(5-2)20(25)24-19(22-21(23-24)27-12-11-26-6-3)16-9-10-17-18(13-16)29-14-28-17/h9-10,13,15H,4-8,11-12,14H2,1-3H3. The third-order valence-electron chi connectivity index (χ3n) is 4.84. The molecule has 29 heavy (non-hydrogen) atoms. The van der Waals surface area contributed by atoms with E-state index in [0.717, 1.165) is 31.2 Å². The van der Waals surface area contributed by atoms with Gasteiger partial charge < -0.3 is 18.9 Å². The lowest BCUT2D eigenvalue weighted by Gasteiger charge is -2.14. The van der Waals surface area contributed by atoms with Crippen molar-refractivity contribution in [3.63, 3.8) is 0 Å². The zero-order valence-corrected chi connectivity index (χ0v) is 17.3. The second kappa shape index (κ2) is 10.2. The quantitative estimate of drug-likeness (QED) is 0.525. The summed E-state index contributed by atoms with van der Waals surface area (Å²) < 4.78 is 23.1. The molecule has 0 radical (unpaired) electrons. The number of hydrogen-bond acceptors (Lipinski definition) is 7. The Kier molecular flexibility index (Phi) is 7.46. The minimum atomic E-state index is -0.110. The van der Waals surface area contributed by atoms with Gasteiger partial charge in [0.25, 0.3) is 5.91 Å². The molecule has 3 rings (SSSR count). The number of fused-ring (bicyclic) bond motifs is 1. The number of rotatable bonds is 11. The van der Waals surface area contributed by atoms with Crippen LogP contribution in [0.25, 0.3) is 11.4 Å². The van der Waals surface area contributed by atoms with Gasteiger partial charge in [-0.1, -0.05) is 26.7 Å². The fraction of sp³-hybridized carbons (Fsp3) is 0.571. The molecular formula is C21H29N3O5. The highest BCUT2D eigenvalue weighted by molar-refractivity contribution is 5.84. The number of hydrogen-bond donors (Lipinski definition) is 0. The summed E-state index contributed by atoms with van der Waals surface area (Å²) in [5.41, 5.74) is 0.722. The topological polar surface area (TPSA) is 84.7 Å². The van der Waals surface area contributed by atoms with Gasteiger partial charge in [-0.15, -0.1) is 5.10 Å². The van der Waals surface area contributed by atoms with E-state index in [-0.39, 0.29) is 24.6 Å². The van der Waals surface area contributed by atoms with E-state index >= 15 is 0 Å². The molecule has 1 aliphatic rings. The molecule has 0 spiro atoms. The Morgan fingerprint density at radius 3 is 2.79 bits per heavy atom. The van der Waals surface area contributed by atoms with E-state index in [1.807, 2.05) is 32.0 Å². The minimum Gasteiger partial charge on any atom is -0.460 e. The van der Waals surface area contributed by atoms with Crippen LogP contribution in [-0.2, 0) is 4.74 Å². The van der Waals surface area contributed by atoms with E-state index < -0.39 is 0 Å². The van der Waals surface area contributed by atoms with Gasteiger partial charge in [0.15, 0.2) is 17.3 Å². The van der Waals surface area contributed by atoms with Gasteiger partial charge >= 0.3 is 6.01 Å². The third kappa shape index (κ3) is 5.06. The first-order chi connectivity index (χ1) is 14.2. The summed E-state index contributed by atoms with van der Waals surface area (Å²) in [6, 6.07) is 5.63. The highest BCUT2D eigenvalue weighted by Gasteiger charge is 2.26. The maximum absolute atomic E-state index is 13.2. The van der Waals surface area contributed by atoms with E-state index in [9.17, 15) is 4.79 Å². The molecule has 0 fully saturated rings. The summed E-state index contributed by atoms with van der Waals surface area (Å²) in [7, 11) is 0. The second-order valence-corrected chi connectivity index (χ2v) is 6.83. The van der Waals surface area contributed by atoms with E-state index in [1.54, 1.807) is 0 Å². The summed E-state index contributed by atoms with van der Waals surface area (Å²) in [4.78, 5) is 17.7. The highest BCUT2D eigenvalue weighted by atomic mass is 16.7. The van der Waals surface area contributed by atoms with Gasteiger partial charge in [-0.3, -0.25) is 4.79 Å². The van der Waals surface area contributed by atoms with Gasteiger partial charge in [0.05, 0.1) is 6.61 Å². The largest absolute Gasteiger partial charge is 0.460 e. The number of carbonyl (C=O) groups excluding carboxylic acids is 1. The Morgan fingerprint density at radius 2 is 2.03 bits per heavy atom. The molecule has 0 amide bonds. The Balaban J connectivity index is 1.89. The van der Waals surface area contributed by atoms with Gasteiger partial charge in [-0.2, -0.15) is 9.67 Å². The van der Waals surface area contributed by atoms with Crippen molar-refractivity contribution in [2.45, 2.75) is 46.5 Å². The lowest BCUT2D eigenvalue weighted by molar-refractivity contribution is 0.0801. The first kappa shape index (κ1) is 21.1. The molecule has 8 nitrogen and oxygen atoms in total. The van der Waals surface area contributed by atoms with Crippen LogP contribution in [0.4, 0.5) is 0 Å². The van der Waals surface area contributed by atoms with Crippen molar-refractivity contribution in [2.24, 2.45) is 5.92 Å². The third-order valence-corrected chi connectivity index (χ3v) is 4.84. The van der Waals surface area contributed by atoms with Crippen molar-refractivity contribution in [3.05, 3.63) is 18.2 Å². The number of unbranched alkanes of at least 4 members (excludes halogenated alkanes) is 1. The number of ether oxygens (including phenoxy) is 4. The molecule has 0 N–H and O–H groups in total. The number of aromatic nitrogens is 3. The molecule has 0 aliphatic carbocycles. The molecular weight excluding hydrogens is 374 g/mol. The van der Waals surface area contributed by atoms with Gasteiger partial charge in [-0.25, -0.2) is 0 Å². The average Bonchev–Trinajstić information content (AvgIpc) is 3.38. The van der Waals surface area contributed by atoms with Crippen molar-refractivity contribution in [1.29, 1.82) is 0 Å². The molecule has 0 saturated heterocycles. The lowest BCUT2D eigenvalue weighted by Crippen LogP contribution is -2.23. The van der Waals surface area contributed by atoms with Crippen LogP contribution >= 0.6 is 0 Å². The summed E-state index contributed by atoms with van der Waals surface area (Å²) in [6.07, 6.45) is 3.62. The first-order valence-corrected chi connectivity index (χ1v) is 10.3. The van der Waals surface area contributed by atoms with Gasteiger partial charge in [0.1, 0.15) is 6.61 Å². The van der Waals surface area contributed by atoms with Crippen LogP contribution in [0, 0.1) is 5.92 Å². The van der Waals surface area contributed by atoms with Crippen molar-refractivity contribution < 1.29 is 23.7 Å². The SMILES string of the molecule is CCCCC(CC)C(=O)n1nc(OCCOCC)nc1-c1ccc2c(c1)OCO2. The Morgan fingerprint density at radius 1 is 1.21 bits per heavy atom. The lowest BCUT2D eigenvalue weighted by atomic mass is 9.98. The van der Waals surface area contributed by atoms with Crippen molar-refractivity contribution in [3.8, 4) is 28.9 Å². The van der Waals surface area contributed by atoms with Crippen LogP contribution in [0.15, 0.2) is 18.2 Å². The van der Waals surface area contributed by atoms with Crippen LogP contribution in [0.3, 0.4) is 0 Å². The molecule has 1 aliphatic heterocycles. The number of nitrogens with zero attached hydrogens (tertiary/aromatic N) is 3. The van der Waals surface area contributed by atoms with Crippen molar-refractivity contribution in [2.75, 3.05) is 26.6 Å². The smallest absolute Gasteiger partial charge is 0.336 e. The molecule has 1 aromatic heterocycles. The Hall–Kier alpha value is -2.61. The van der Waals surface area contributed by atoms with Crippen LogP contribution in [-0.4, -0.2) is 47.3 Å². The Labute approximate surface area is 171 Å². The van der Waals surface area contributed by atoms with E-state index in [2.05, 4.69) is 17.0 Å². The van der Waals surface area contributed by atoms with Gasteiger partial charge in [0, 0.05) is 18.1 Å².